The average molecular weight is 361 g/mol. The van der Waals surface area contributed by atoms with E-state index in [4.69, 9.17) is 0 Å². The number of rotatable bonds is 4. The Morgan fingerprint density at radius 1 is 1.25 bits per heavy atom. The number of carbonyl (C=O) groups excluding carboxylic acids is 2. The van der Waals surface area contributed by atoms with Crippen molar-refractivity contribution in [3.63, 3.8) is 0 Å². The molecule has 0 fully saturated rings. The van der Waals surface area contributed by atoms with Gasteiger partial charge in [-0.3, -0.25) is 9.59 Å². The van der Waals surface area contributed by atoms with Gasteiger partial charge in [-0.2, -0.15) is 13.2 Å². The zero-order valence-corrected chi connectivity index (χ0v) is 13.0. The molecule has 0 aliphatic heterocycles. The number of thiazole rings is 1. The first-order valence-electron chi connectivity index (χ1n) is 6.54. The predicted octanol–water partition coefficient (Wildman–Crippen LogP) is 3.44. The Labute approximate surface area is 137 Å². The quantitative estimate of drug-likeness (QED) is 0.820. The van der Waals surface area contributed by atoms with Crippen LogP contribution in [0.25, 0.3) is 0 Å². The summed E-state index contributed by atoms with van der Waals surface area (Å²) in [4.78, 5) is 26.7. The Bertz CT molecular complexity index is 774. The zero-order valence-electron chi connectivity index (χ0n) is 12.2. The summed E-state index contributed by atoms with van der Waals surface area (Å²) in [7, 11) is 0. The second-order valence-corrected chi connectivity index (χ2v) is 5.60. The minimum absolute atomic E-state index is 0.175. The number of hydrogen-bond donors (Lipinski definition) is 2. The van der Waals surface area contributed by atoms with Crippen molar-refractivity contribution in [3.05, 3.63) is 40.7 Å². The van der Waals surface area contributed by atoms with E-state index in [1.165, 1.54) is 12.3 Å². The molecule has 0 unspecified atom stereocenters. The van der Waals surface area contributed by atoms with Gasteiger partial charge in [0.05, 0.1) is 17.7 Å². The molecular formula is C14H11F4N3O2S. The third-order valence-electron chi connectivity index (χ3n) is 2.73. The van der Waals surface area contributed by atoms with E-state index in [0.717, 1.165) is 17.4 Å². The molecule has 0 saturated carbocycles. The Balaban J connectivity index is 2.05. The smallest absolute Gasteiger partial charge is 0.326 e. The van der Waals surface area contributed by atoms with E-state index in [0.29, 0.717) is 23.0 Å². The maximum atomic E-state index is 13.2. The van der Waals surface area contributed by atoms with Crippen LogP contribution < -0.4 is 10.6 Å². The standard InChI is InChI=1S/C14H11F4N3O2S/c1-7(22)19-13-21-9(6-24-13)5-12(23)20-8-2-3-11(15)10(4-8)14(16,17)18/h2-4,6H,5H2,1H3,(H,20,23)(H,19,21,22). The highest BCUT2D eigenvalue weighted by Crippen LogP contribution is 2.33. The number of alkyl halides is 3. The van der Waals surface area contributed by atoms with Crippen molar-refractivity contribution >= 4 is 34.0 Å². The molecule has 128 valence electrons. The minimum atomic E-state index is -4.85. The number of halogens is 4. The van der Waals surface area contributed by atoms with E-state index in [-0.39, 0.29) is 18.0 Å². The number of nitrogens with zero attached hydrogens (tertiary/aromatic N) is 1. The van der Waals surface area contributed by atoms with Gasteiger partial charge in [0, 0.05) is 18.0 Å². The summed E-state index contributed by atoms with van der Waals surface area (Å²) in [6, 6.07) is 2.19. The van der Waals surface area contributed by atoms with Crippen LogP contribution in [0.4, 0.5) is 28.4 Å². The second kappa shape index (κ2) is 6.95. The second-order valence-electron chi connectivity index (χ2n) is 4.74. The van der Waals surface area contributed by atoms with Gasteiger partial charge in [-0.15, -0.1) is 11.3 Å². The first-order chi connectivity index (χ1) is 11.1. The average Bonchev–Trinajstić information content (AvgIpc) is 2.85. The van der Waals surface area contributed by atoms with Crippen LogP contribution in [-0.2, 0) is 22.2 Å². The Hall–Kier alpha value is -2.49. The number of benzene rings is 1. The Kier molecular flexibility index (Phi) is 5.17. The third-order valence-corrected chi connectivity index (χ3v) is 3.54. The van der Waals surface area contributed by atoms with Gasteiger partial charge in [0.15, 0.2) is 5.13 Å². The fraction of sp³-hybridized carbons (Fsp3) is 0.214. The molecule has 0 aliphatic carbocycles. The summed E-state index contributed by atoms with van der Waals surface area (Å²) in [5.41, 5.74) is -1.28. The number of amides is 2. The van der Waals surface area contributed by atoms with Crippen LogP contribution in [0.2, 0.25) is 0 Å². The molecule has 24 heavy (non-hydrogen) atoms. The summed E-state index contributed by atoms with van der Waals surface area (Å²) >= 11 is 1.11. The molecule has 2 N–H and O–H groups in total. The van der Waals surface area contributed by atoms with Crippen LogP contribution in [0.1, 0.15) is 18.2 Å². The summed E-state index contributed by atoms with van der Waals surface area (Å²) in [6.07, 6.45) is -5.05. The molecule has 0 aliphatic rings. The van der Waals surface area contributed by atoms with Crippen molar-refractivity contribution in [2.75, 3.05) is 10.6 Å². The summed E-state index contributed by atoms with van der Waals surface area (Å²) in [6.45, 7) is 1.31. The maximum Gasteiger partial charge on any atom is 0.419 e. The lowest BCUT2D eigenvalue weighted by Crippen LogP contribution is -2.16. The molecule has 10 heteroatoms. The summed E-state index contributed by atoms with van der Waals surface area (Å²) in [5, 5.41) is 6.55. The minimum Gasteiger partial charge on any atom is -0.326 e. The Morgan fingerprint density at radius 3 is 2.58 bits per heavy atom. The molecule has 0 bridgehead atoms. The maximum absolute atomic E-state index is 13.2. The van der Waals surface area contributed by atoms with Crippen LogP contribution in [-0.4, -0.2) is 16.8 Å². The van der Waals surface area contributed by atoms with Crippen molar-refractivity contribution in [1.29, 1.82) is 0 Å². The van der Waals surface area contributed by atoms with E-state index in [9.17, 15) is 27.2 Å². The van der Waals surface area contributed by atoms with Gasteiger partial charge in [0.25, 0.3) is 0 Å². The topological polar surface area (TPSA) is 71.1 Å². The van der Waals surface area contributed by atoms with Gasteiger partial charge in [-0.25, -0.2) is 9.37 Å². The molecule has 5 nitrogen and oxygen atoms in total. The molecule has 1 aromatic carbocycles. The molecule has 0 atom stereocenters. The van der Waals surface area contributed by atoms with Crippen LogP contribution in [0, 0.1) is 5.82 Å². The molecule has 0 radical (unpaired) electrons. The molecule has 0 saturated heterocycles. The normalized spacial score (nSPS) is 11.2. The van der Waals surface area contributed by atoms with E-state index in [2.05, 4.69) is 15.6 Å². The van der Waals surface area contributed by atoms with Crippen molar-refractivity contribution < 1.29 is 27.2 Å². The fourth-order valence-electron chi connectivity index (χ4n) is 1.79. The van der Waals surface area contributed by atoms with Gasteiger partial charge < -0.3 is 10.6 Å². The number of hydrogen-bond acceptors (Lipinski definition) is 4. The van der Waals surface area contributed by atoms with Gasteiger partial charge in [0.1, 0.15) is 5.82 Å². The number of carbonyl (C=O) groups is 2. The SMILES string of the molecule is CC(=O)Nc1nc(CC(=O)Nc2ccc(F)c(C(F)(F)F)c2)cs1. The molecule has 2 rings (SSSR count). The number of nitrogens with one attached hydrogen (secondary N) is 2. The van der Waals surface area contributed by atoms with E-state index in [1.807, 2.05) is 0 Å². The lowest BCUT2D eigenvalue weighted by Gasteiger charge is -2.10. The van der Waals surface area contributed by atoms with Crippen LogP contribution in [0.3, 0.4) is 0 Å². The number of aromatic nitrogens is 1. The largest absolute Gasteiger partial charge is 0.419 e. The highest BCUT2D eigenvalue weighted by molar-refractivity contribution is 7.13. The third kappa shape index (κ3) is 4.75. The summed E-state index contributed by atoms with van der Waals surface area (Å²) < 4.78 is 51.1. The zero-order chi connectivity index (χ0) is 17.9. The first kappa shape index (κ1) is 17.9. The molecule has 2 aromatic rings. The van der Waals surface area contributed by atoms with Crippen LogP contribution in [0.5, 0.6) is 0 Å². The highest BCUT2D eigenvalue weighted by atomic mass is 32.1. The first-order valence-corrected chi connectivity index (χ1v) is 7.41. The fourth-order valence-corrected chi connectivity index (χ4v) is 2.54. The van der Waals surface area contributed by atoms with Crippen molar-refractivity contribution in [2.45, 2.75) is 19.5 Å². The van der Waals surface area contributed by atoms with Crippen LogP contribution in [0.15, 0.2) is 23.6 Å². The molecule has 0 spiro atoms. The molecule has 2 amide bonds. The lowest BCUT2D eigenvalue weighted by molar-refractivity contribution is -0.140. The lowest BCUT2D eigenvalue weighted by atomic mass is 10.1. The monoisotopic (exact) mass is 361 g/mol. The molecule has 1 heterocycles. The molecular weight excluding hydrogens is 350 g/mol. The predicted molar refractivity (Wildman–Crippen MR) is 80.2 cm³/mol. The van der Waals surface area contributed by atoms with Crippen molar-refractivity contribution in [1.82, 2.24) is 4.98 Å². The van der Waals surface area contributed by atoms with E-state index < -0.39 is 23.5 Å². The van der Waals surface area contributed by atoms with Gasteiger partial charge >= 0.3 is 6.18 Å². The number of anilines is 2. The van der Waals surface area contributed by atoms with Crippen molar-refractivity contribution in [2.24, 2.45) is 0 Å². The van der Waals surface area contributed by atoms with Gasteiger partial charge in [0.2, 0.25) is 11.8 Å². The van der Waals surface area contributed by atoms with Crippen LogP contribution >= 0.6 is 11.3 Å². The van der Waals surface area contributed by atoms with E-state index in [1.54, 1.807) is 0 Å². The summed E-state index contributed by atoms with van der Waals surface area (Å²) in [5.74, 6) is -2.35. The highest BCUT2D eigenvalue weighted by Gasteiger charge is 2.34. The van der Waals surface area contributed by atoms with Gasteiger partial charge in [-0.1, -0.05) is 0 Å². The molecule has 1 aromatic heterocycles. The van der Waals surface area contributed by atoms with Gasteiger partial charge in [-0.05, 0) is 18.2 Å². The van der Waals surface area contributed by atoms with Crippen molar-refractivity contribution in [3.8, 4) is 0 Å². The Morgan fingerprint density at radius 2 is 1.96 bits per heavy atom. The van der Waals surface area contributed by atoms with E-state index >= 15 is 0 Å².